The summed E-state index contributed by atoms with van der Waals surface area (Å²) < 4.78 is 10.6. The number of rotatable bonds is 11. The van der Waals surface area contributed by atoms with Crippen LogP contribution in [0, 0.1) is 0 Å². The maximum atomic E-state index is 13.1. The van der Waals surface area contributed by atoms with Gasteiger partial charge in [0.15, 0.2) is 0 Å². The van der Waals surface area contributed by atoms with E-state index in [9.17, 15) is 19.2 Å². The number of benzene rings is 5. The summed E-state index contributed by atoms with van der Waals surface area (Å²) in [7, 11) is 1.50. The number of alkyl carbamates (subject to hydrolysis) is 1. The van der Waals surface area contributed by atoms with Crippen molar-refractivity contribution in [2.75, 3.05) is 20.3 Å². The summed E-state index contributed by atoms with van der Waals surface area (Å²) in [5.74, 6) is -1.61. The van der Waals surface area contributed by atoms with E-state index >= 15 is 0 Å². The molecule has 5 rings (SSSR count). The van der Waals surface area contributed by atoms with Crippen LogP contribution in [0.4, 0.5) is 4.79 Å². The van der Waals surface area contributed by atoms with Gasteiger partial charge in [-0.2, -0.15) is 5.48 Å². The van der Waals surface area contributed by atoms with E-state index in [2.05, 4.69) is 28.8 Å². The lowest BCUT2D eigenvalue weighted by atomic mass is 9.95. The van der Waals surface area contributed by atoms with Gasteiger partial charge < -0.3 is 24.9 Å². The van der Waals surface area contributed by atoms with Crippen LogP contribution in [-0.4, -0.2) is 50.2 Å². The molecule has 0 unspecified atom stereocenters. The van der Waals surface area contributed by atoms with E-state index in [-0.39, 0.29) is 18.6 Å². The summed E-state index contributed by atoms with van der Waals surface area (Å²) in [5, 5.41) is 9.47. The fourth-order valence-electron chi connectivity index (χ4n) is 5.08. The second kappa shape index (κ2) is 15.2. The van der Waals surface area contributed by atoms with Crippen molar-refractivity contribution in [2.45, 2.75) is 18.9 Å². The minimum absolute atomic E-state index is 0.0888. The van der Waals surface area contributed by atoms with Crippen molar-refractivity contribution in [1.29, 1.82) is 0 Å². The average molecular weight is 620 g/mol. The number of ether oxygens (including phenoxy) is 2. The summed E-state index contributed by atoms with van der Waals surface area (Å²) in [5.41, 5.74) is 4.08. The second-order valence-corrected chi connectivity index (χ2v) is 10.4. The smallest absolute Gasteiger partial charge is 0.407 e. The van der Waals surface area contributed by atoms with Crippen LogP contribution in [0.1, 0.15) is 21.5 Å². The Morgan fingerprint density at radius 2 is 1.39 bits per heavy atom. The highest BCUT2D eigenvalue weighted by Gasteiger charge is 2.23. The molecule has 0 aliphatic heterocycles. The van der Waals surface area contributed by atoms with Crippen LogP contribution in [0.3, 0.4) is 0 Å². The monoisotopic (exact) mass is 619 g/mol. The molecule has 0 radical (unpaired) electrons. The van der Waals surface area contributed by atoms with Crippen LogP contribution in [-0.2, 0) is 32.0 Å². The summed E-state index contributed by atoms with van der Waals surface area (Å²) in [6.07, 6.45) is -0.136. The first-order chi connectivity index (χ1) is 22.4. The molecule has 1 atom stereocenters. The van der Waals surface area contributed by atoms with E-state index in [1.807, 2.05) is 72.2 Å². The van der Waals surface area contributed by atoms with E-state index in [0.717, 1.165) is 32.7 Å². The minimum atomic E-state index is -1.04. The number of hydrogen-bond donors (Lipinski definition) is 3. The van der Waals surface area contributed by atoms with Crippen molar-refractivity contribution >= 4 is 45.4 Å². The van der Waals surface area contributed by atoms with Crippen LogP contribution >= 0.6 is 0 Å². The first-order valence-corrected chi connectivity index (χ1v) is 14.7. The number of fused-ring (bicyclic) bond motifs is 2. The molecule has 5 aromatic carbocycles. The van der Waals surface area contributed by atoms with Crippen LogP contribution in [0.25, 0.3) is 21.5 Å². The zero-order valence-corrected chi connectivity index (χ0v) is 25.2. The van der Waals surface area contributed by atoms with Crippen molar-refractivity contribution in [3.05, 3.63) is 126 Å². The van der Waals surface area contributed by atoms with Crippen molar-refractivity contribution in [1.82, 2.24) is 16.1 Å². The Bertz CT molecular complexity index is 1790. The van der Waals surface area contributed by atoms with E-state index in [0.29, 0.717) is 12.2 Å². The van der Waals surface area contributed by atoms with Crippen molar-refractivity contribution in [2.24, 2.45) is 0 Å². The number of nitrogens with one attached hydrogen (secondary N) is 3. The molecule has 0 bridgehead atoms. The Balaban J connectivity index is 1.17. The third-order valence-corrected chi connectivity index (χ3v) is 7.37. The van der Waals surface area contributed by atoms with E-state index in [4.69, 9.17) is 14.3 Å². The molecule has 234 valence electrons. The first-order valence-electron chi connectivity index (χ1n) is 14.7. The molecule has 5 aromatic rings. The van der Waals surface area contributed by atoms with Gasteiger partial charge in [0, 0.05) is 12.8 Å². The summed E-state index contributed by atoms with van der Waals surface area (Å²) >= 11 is 0. The Morgan fingerprint density at radius 3 is 2.04 bits per heavy atom. The van der Waals surface area contributed by atoms with Gasteiger partial charge in [0.25, 0.3) is 5.91 Å². The molecular formula is C36H33N3O7. The van der Waals surface area contributed by atoms with Crippen molar-refractivity contribution in [3.8, 4) is 5.75 Å². The Labute approximate surface area is 265 Å². The van der Waals surface area contributed by atoms with Crippen LogP contribution < -0.4 is 20.9 Å². The number of carbonyl (C=O) groups is 4. The predicted molar refractivity (Wildman–Crippen MR) is 173 cm³/mol. The molecule has 10 nitrogen and oxygen atoms in total. The van der Waals surface area contributed by atoms with Crippen LogP contribution in [0.5, 0.6) is 5.75 Å². The van der Waals surface area contributed by atoms with Gasteiger partial charge in [-0.05, 0) is 63.0 Å². The summed E-state index contributed by atoms with van der Waals surface area (Å²) in [6.45, 7) is -0.406. The lowest BCUT2D eigenvalue weighted by Gasteiger charge is -2.19. The minimum Gasteiger partial charge on any atom is -0.497 e. The fourth-order valence-corrected chi connectivity index (χ4v) is 5.08. The molecule has 0 aromatic heterocycles. The molecule has 3 N–H and O–H groups in total. The lowest BCUT2D eigenvalue weighted by molar-refractivity contribution is -0.132. The predicted octanol–water partition coefficient (Wildman–Crippen LogP) is 4.89. The summed E-state index contributed by atoms with van der Waals surface area (Å²) in [6, 6.07) is 32.5. The third-order valence-electron chi connectivity index (χ3n) is 7.37. The molecular weight excluding hydrogens is 586 g/mol. The van der Waals surface area contributed by atoms with Gasteiger partial charge >= 0.3 is 12.1 Å². The van der Waals surface area contributed by atoms with Gasteiger partial charge in [0.1, 0.15) is 11.8 Å². The number of methoxy groups -OCH3 is 1. The van der Waals surface area contributed by atoms with Gasteiger partial charge in [0.2, 0.25) is 5.91 Å². The fraction of sp³-hybridized carbons (Fsp3) is 0.167. The zero-order valence-electron chi connectivity index (χ0n) is 25.2. The maximum absolute atomic E-state index is 13.1. The normalized spacial score (nSPS) is 11.3. The summed E-state index contributed by atoms with van der Waals surface area (Å²) in [4.78, 5) is 55.4. The Morgan fingerprint density at radius 1 is 0.761 bits per heavy atom. The molecule has 0 aliphatic rings. The highest BCUT2D eigenvalue weighted by molar-refractivity contribution is 6.02. The van der Waals surface area contributed by atoms with Gasteiger partial charge in [0.05, 0.1) is 25.8 Å². The van der Waals surface area contributed by atoms with E-state index in [1.54, 1.807) is 12.1 Å². The molecule has 0 heterocycles. The maximum Gasteiger partial charge on any atom is 0.407 e. The number of hydrogen-bond acceptors (Lipinski definition) is 7. The first kappa shape index (κ1) is 31.5. The quantitative estimate of drug-likeness (QED) is 0.142. The molecule has 0 fully saturated rings. The van der Waals surface area contributed by atoms with Crippen LogP contribution in [0.2, 0.25) is 0 Å². The molecule has 10 heteroatoms. The van der Waals surface area contributed by atoms with Gasteiger partial charge in [-0.25, -0.2) is 9.59 Å². The number of amides is 3. The Hall–Kier alpha value is -5.90. The van der Waals surface area contributed by atoms with Crippen molar-refractivity contribution < 1.29 is 33.5 Å². The van der Waals surface area contributed by atoms with E-state index < -0.39 is 36.5 Å². The zero-order chi connectivity index (χ0) is 32.3. The van der Waals surface area contributed by atoms with Gasteiger partial charge in [-0.15, -0.1) is 0 Å². The van der Waals surface area contributed by atoms with E-state index in [1.165, 1.54) is 19.2 Å². The molecule has 3 amide bonds. The highest BCUT2D eigenvalue weighted by Crippen LogP contribution is 2.28. The number of hydroxylamine groups is 1. The molecule has 0 spiro atoms. The second-order valence-electron chi connectivity index (χ2n) is 10.4. The largest absolute Gasteiger partial charge is 0.497 e. The number of carbonyl (C=O) groups excluding carboxylic acids is 4. The lowest BCUT2D eigenvalue weighted by Crippen LogP contribution is -2.50. The average Bonchev–Trinajstić information content (AvgIpc) is 3.09. The van der Waals surface area contributed by atoms with Gasteiger partial charge in [-0.3, -0.25) is 9.59 Å². The standard InChI is InChI=1S/C36H33N3O7/c1-44-28-17-15-25(16-18-28)35(42)46-39-33(40)23-37-34(41)32(21-24-9-3-2-4-10-24)38-36(43)45-20-19-31-29-13-7-5-11-26(29)22-27-12-6-8-14-30(27)31/h2-18,22,32H,19-21,23H2,1H3,(H,37,41)(H,38,43)(H,39,40)/t32-/m1/s1. The van der Waals surface area contributed by atoms with Crippen molar-refractivity contribution in [3.63, 3.8) is 0 Å². The van der Waals surface area contributed by atoms with Crippen LogP contribution in [0.15, 0.2) is 109 Å². The molecule has 0 aliphatic carbocycles. The molecule has 0 saturated heterocycles. The van der Waals surface area contributed by atoms with Gasteiger partial charge in [-0.1, -0.05) is 78.9 Å². The molecule has 46 heavy (non-hydrogen) atoms. The topological polar surface area (TPSA) is 132 Å². The SMILES string of the molecule is COc1ccc(C(=O)ONC(=O)CNC(=O)[C@@H](Cc2ccccc2)NC(=O)OCCc2c3ccccc3cc3ccccc23)cc1. The highest BCUT2D eigenvalue weighted by atomic mass is 16.7. The third kappa shape index (κ3) is 8.17. The Kier molecular flexibility index (Phi) is 10.4. The molecule has 0 saturated carbocycles.